The van der Waals surface area contributed by atoms with E-state index in [2.05, 4.69) is 222 Å². The van der Waals surface area contributed by atoms with E-state index in [0.717, 1.165) is 6.42 Å². The van der Waals surface area contributed by atoms with Crippen LogP contribution >= 0.6 is 0 Å². The second kappa shape index (κ2) is 14.7. The summed E-state index contributed by atoms with van der Waals surface area (Å²) in [5.74, 6) is 0.0790. The van der Waals surface area contributed by atoms with E-state index in [4.69, 9.17) is 0 Å². The van der Waals surface area contributed by atoms with E-state index in [1.165, 1.54) is 140 Å². The zero-order chi connectivity index (χ0) is 49.5. The summed E-state index contributed by atoms with van der Waals surface area (Å²) >= 11 is 0. The molecule has 6 aliphatic rings. The molecule has 4 aliphatic heterocycles. The maximum Gasteiger partial charge on any atom is 0.0545 e. The van der Waals surface area contributed by atoms with Crippen LogP contribution in [0.15, 0.2) is 103 Å². The van der Waals surface area contributed by atoms with Crippen LogP contribution in [-0.4, -0.2) is 11.1 Å². The highest BCUT2D eigenvalue weighted by Crippen LogP contribution is 2.71. The molecule has 6 aromatic carbocycles. The van der Waals surface area contributed by atoms with Crippen LogP contribution in [0.1, 0.15) is 203 Å². The molecule has 3 heteroatoms. The van der Waals surface area contributed by atoms with Gasteiger partial charge < -0.3 is 14.7 Å². The number of benzene rings is 6. The quantitative estimate of drug-likeness (QED) is 0.175. The highest BCUT2D eigenvalue weighted by Gasteiger charge is 2.63. The molecule has 70 heavy (non-hydrogen) atoms. The molecule has 4 heterocycles. The fourth-order valence-electron chi connectivity index (χ4n) is 15.5. The first-order valence-electron chi connectivity index (χ1n) is 27.1. The van der Waals surface area contributed by atoms with Gasteiger partial charge in [0, 0.05) is 39.2 Å². The van der Waals surface area contributed by atoms with Crippen molar-refractivity contribution in [2.75, 3.05) is 14.7 Å². The molecule has 0 bridgehead atoms. The first-order chi connectivity index (χ1) is 32.9. The molecule has 0 amide bonds. The Labute approximate surface area is 421 Å². The van der Waals surface area contributed by atoms with Crippen LogP contribution in [0.3, 0.4) is 0 Å². The molecule has 2 saturated carbocycles. The van der Waals surface area contributed by atoms with Gasteiger partial charge in [-0.3, -0.25) is 0 Å². The van der Waals surface area contributed by atoms with Crippen molar-refractivity contribution >= 4 is 39.8 Å². The van der Waals surface area contributed by atoms with E-state index in [-0.39, 0.29) is 44.1 Å². The molecule has 5 unspecified atom stereocenters. The smallest absolute Gasteiger partial charge is 0.0545 e. The highest BCUT2D eigenvalue weighted by atomic mass is 15.3. The standard InChI is InChI=1S/C67H79N3/c1-41-35-42(2)59-60-56(41)57-49-37-45(62(6,7)8)26-29-52(49)68(51-28-25-44(61(3,4)5)36-48(51)43-23-17-16-18-24-43)54-39-47(40-55(58(54)57)70(60)67(15)34-22-20-32-65(59,67)13)69-53-30-27-46(63(9,10)11)38-50(53)64(12)31-19-21-33-66(64,69)14/h16-18,23-30,35-40,57H,19-22,31-34H2,1-15H3. The molecule has 0 aromatic heterocycles. The van der Waals surface area contributed by atoms with Crippen LogP contribution in [-0.2, 0) is 27.1 Å². The zero-order valence-electron chi connectivity index (χ0n) is 45.4. The molecule has 2 fully saturated rings. The Kier molecular flexibility index (Phi) is 9.60. The van der Waals surface area contributed by atoms with Crippen molar-refractivity contribution in [1.82, 2.24) is 0 Å². The summed E-state index contributed by atoms with van der Waals surface area (Å²) in [6.45, 7) is 36.8. The fourth-order valence-corrected chi connectivity index (χ4v) is 15.5. The van der Waals surface area contributed by atoms with Gasteiger partial charge in [0.2, 0.25) is 0 Å². The van der Waals surface area contributed by atoms with Gasteiger partial charge in [0.25, 0.3) is 0 Å². The lowest BCUT2D eigenvalue weighted by atomic mass is 9.61. The molecule has 362 valence electrons. The third-order valence-electron chi connectivity index (χ3n) is 19.8. The average Bonchev–Trinajstić information content (AvgIpc) is 3.65. The lowest BCUT2D eigenvalue weighted by Crippen LogP contribution is -2.56. The van der Waals surface area contributed by atoms with Crippen molar-refractivity contribution in [3.8, 4) is 11.1 Å². The van der Waals surface area contributed by atoms with E-state index >= 15 is 0 Å². The minimum atomic E-state index is -0.105. The molecule has 0 radical (unpaired) electrons. The summed E-state index contributed by atoms with van der Waals surface area (Å²) in [5.41, 5.74) is 26.6. The summed E-state index contributed by atoms with van der Waals surface area (Å²) in [7, 11) is 0. The van der Waals surface area contributed by atoms with Gasteiger partial charge in [-0.1, -0.05) is 169 Å². The van der Waals surface area contributed by atoms with Crippen LogP contribution in [0.5, 0.6) is 0 Å². The third-order valence-corrected chi connectivity index (χ3v) is 19.8. The average molecular weight is 926 g/mol. The minimum absolute atomic E-state index is 0.00593. The van der Waals surface area contributed by atoms with Crippen molar-refractivity contribution in [1.29, 1.82) is 0 Å². The van der Waals surface area contributed by atoms with E-state index in [1.807, 2.05) is 0 Å². The molecule has 0 spiro atoms. The van der Waals surface area contributed by atoms with Crippen LogP contribution in [0.2, 0.25) is 0 Å². The van der Waals surface area contributed by atoms with Gasteiger partial charge in [-0.15, -0.1) is 0 Å². The first-order valence-corrected chi connectivity index (χ1v) is 27.1. The second-order valence-corrected chi connectivity index (χ2v) is 27.0. The molecule has 6 aromatic rings. The molecular formula is C67H79N3. The number of aryl methyl sites for hydroxylation is 2. The summed E-state index contributed by atoms with van der Waals surface area (Å²) in [6, 6.07) is 41.8. The van der Waals surface area contributed by atoms with E-state index in [0.29, 0.717) is 0 Å². The van der Waals surface area contributed by atoms with Gasteiger partial charge in [0.15, 0.2) is 0 Å². The molecule has 0 N–H and O–H groups in total. The van der Waals surface area contributed by atoms with Gasteiger partial charge >= 0.3 is 0 Å². The van der Waals surface area contributed by atoms with Gasteiger partial charge in [-0.25, -0.2) is 0 Å². The molecule has 3 nitrogen and oxygen atoms in total. The van der Waals surface area contributed by atoms with Gasteiger partial charge in [0.1, 0.15) is 0 Å². The van der Waals surface area contributed by atoms with E-state index in [9.17, 15) is 0 Å². The maximum atomic E-state index is 2.98. The minimum Gasteiger partial charge on any atom is -0.334 e. The van der Waals surface area contributed by atoms with Crippen LogP contribution in [0, 0.1) is 13.8 Å². The zero-order valence-corrected chi connectivity index (χ0v) is 45.4. The predicted molar refractivity (Wildman–Crippen MR) is 299 cm³/mol. The Hall–Kier alpha value is -5.28. The van der Waals surface area contributed by atoms with Crippen molar-refractivity contribution in [3.63, 3.8) is 0 Å². The fraction of sp³-hybridized carbons (Fsp3) is 0.463. The predicted octanol–water partition coefficient (Wildman–Crippen LogP) is 18.6. The Bertz CT molecular complexity index is 3170. The number of hydrogen-bond donors (Lipinski definition) is 0. The molecule has 0 saturated heterocycles. The number of hydrogen-bond acceptors (Lipinski definition) is 3. The Balaban J connectivity index is 1.24. The molecular weight excluding hydrogens is 847 g/mol. The molecule has 12 rings (SSSR count). The number of nitrogens with zero attached hydrogens (tertiary/aromatic N) is 3. The summed E-state index contributed by atoms with van der Waals surface area (Å²) < 4.78 is 0. The van der Waals surface area contributed by atoms with Crippen LogP contribution in [0.25, 0.3) is 11.1 Å². The van der Waals surface area contributed by atoms with Crippen LogP contribution < -0.4 is 14.7 Å². The molecule has 2 aliphatic carbocycles. The second-order valence-electron chi connectivity index (χ2n) is 27.0. The topological polar surface area (TPSA) is 9.72 Å². The van der Waals surface area contributed by atoms with E-state index < -0.39 is 0 Å². The number of anilines is 7. The summed E-state index contributed by atoms with van der Waals surface area (Å²) in [6.07, 6.45) is 9.81. The first kappa shape index (κ1) is 45.8. The highest BCUT2D eigenvalue weighted by molar-refractivity contribution is 6.01. The Morgan fingerprint density at radius 1 is 0.471 bits per heavy atom. The monoisotopic (exact) mass is 926 g/mol. The van der Waals surface area contributed by atoms with E-state index in [1.54, 1.807) is 11.1 Å². The SMILES string of the molecule is Cc1cc(C)c2c3c1C1c4cc(C(C)(C)C)ccc4N(c4ccc(C(C)(C)C)cc4-c4ccccc4)c4cc(N5c6ccc(C(C)(C)C)cc6C6(C)CCCCC56C)cc(c41)N3C1(C)CCCCC21C. The number of fused-ring (bicyclic) bond motifs is 10. The lowest BCUT2D eigenvalue weighted by molar-refractivity contribution is 0.193. The summed E-state index contributed by atoms with van der Waals surface area (Å²) in [4.78, 5) is 8.61. The Morgan fingerprint density at radius 2 is 1.01 bits per heavy atom. The Morgan fingerprint density at radius 3 is 1.66 bits per heavy atom. The summed E-state index contributed by atoms with van der Waals surface area (Å²) in [5, 5.41) is 0. The van der Waals surface area contributed by atoms with Crippen molar-refractivity contribution < 1.29 is 0 Å². The van der Waals surface area contributed by atoms with Crippen molar-refractivity contribution in [3.05, 3.63) is 159 Å². The van der Waals surface area contributed by atoms with Crippen molar-refractivity contribution in [2.24, 2.45) is 0 Å². The van der Waals surface area contributed by atoms with Crippen LogP contribution in [0.4, 0.5) is 39.8 Å². The lowest BCUT2D eigenvalue weighted by Gasteiger charge is -2.54. The third kappa shape index (κ3) is 5.99. The largest absolute Gasteiger partial charge is 0.334 e. The maximum absolute atomic E-state index is 2.98. The number of rotatable bonds is 3. The van der Waals surface area contributed by atoms with Gasteiger partial charge in [-0.2, -0.15) is 0 Å². The van der Waals surface area contributed by atoms with Gasteiger partial charge in [0.05, 0.1) is 39.5 Å². The van der Waals surface area contributed by atoms with Crippen molar-refractivity contribution in [2.45, 2.75) is 199 Å². The van der Waals surface area contributed by atoms with Gasteiger partial charge in [-0.05, 0) is 162 Å². The normalized spacial score (nSPS) is 26.3. The molecule has 5 atom stereocenters.